The van der Waals surface area contributed by atoms with E-state index in [1.165, 1.54) is 19.1 Å². The minimum atomic E-state index is -3.86. The molecule has 8 fully saturated rings. The standard InChI is InChI=1S/C40H62N4O7S.C32H44N2O7S/c1-24-32-18-28(40(32,6)7)19-33(24)41-38(47)36-35(25(2)46)34(23-45)51-44(36)21-27-14-12-16-31(37(27)50-10)26-13-11-15-30(17-26)52(48,49)42-29(22-43(8)9)20-39(3,4)5;1-18-25-14-22(32(25,3)4)15-26(18)33-31(37)29-28(19(2)36)27(17-35)41-34(29)16-21-10-8-12-24(30(21)40-5)20-9-7-11-23(13-20)42(6,38)39/h11-17,24-25,28-29,32-36,42,45-46H,18-23H2,1-10H3,(H,41,47);7-13,18-19,22,25-29,35-36H,14-17H2,1-6H3,(H,33,37)/t24-,25-,28+,29-,32-,33-,34-,35+,36-;18-,19-,22+,25-,26-,27-,28-,29?/m00/s1. The molecule has 4 bridgehead atoms. The van der Waals surface area contributed by atoms with Crippen LogP contribution in [0.15, 0.2) is 94.7 Å². The monoisotopic (exact) mass is 1340 g/mol. The van der Waals surface area contributed by atoms with E-state index in [1.807, 2.05) is 67.5 Å². The van der Waals surface area contributed by atoms with E-state index in [-0.39, 0.29) is 82.3 Å². The van der Waals surface area contributed by atoms with Crippen molar-refractivity contribution in [1.29, 1.82) is 0 Å². The largest absolute Gasteiger partial charge is 0.496 e. The molecule has 0 spiro atoms. The number of hydrogen-bond acceptors (Lipinski definition) is 17. The van der Waals surface area contributed by atoms with Crippen molar-refractivity contribution in [3.8, 4) is 33.8 Å². The Morgan fingerprint density at radius 3 is 1.41 bits per heavy atom. The van der Waals surface area contributed by atoms with Crippen LogP contribution in [0.2, 0.25) is 0 Å². The number of amides is 2. The molecule has 0 radical (unpaired) electrons. The number of benzene rings is 4. The first kappa shape index (κ1) is 73.2. The summed E-state index contributed by atoms with van der Waals surface area (Å²) in [5.74, 6) is 2.19. The van der Waals surface area contributed by atoms with Crippen molar-refractivity contribution in [1.82, 2.24) is 30.4 Å². The molecule has 20 nitrogen and oxygen atoms in total. The summed E-state index contributed by atoms with van der Waals surface area (Å²) in [7, 11) is -0.298. The molecule has 12 rings (SSSR count). The predicted octanol–water partition coefficient (Wildman–Crippen LogP) is 8.09. The van der Waals surface area contributed by atoms with Crippen molar-refractivity contribution in [2.75, 3.05) is 54.3 Å². The second-order valence-corrected chi connectivity index (χ2v) is 34.4. The van der Waals surface area contributed by atoms with E-state index in [9.17, 15) is 46.9 Å². The average molecular weight is 1340 g/mol. The van der Waals surface area contributed by atoms with Gasteiger partial charge in [0.05, 0.1) is 62.5 Å². The van der Waals surface area contributed by atoms with Gasteiger partial charge in [0.2, 0.25) is 21.8 Å². The first-order valence-corrected chi connectivity index (χ1v) is 36.9. The molecule has 2 amide bonds. The molecule has 6 aliphatic carbocycles. The Kier molecular flexibility index (Phi) is 22.4. The average Bonchev–Trinajstić information content (AvgIpc) is 0.921. The molecule has 6 saturated carbocycles. The Balaban J connectivity index is 0.000000226. The zero-order valence-corrected chi connectivity index (χ0v) is 59.6. The molecule has 520 valence electrons. The van der Waals surface area contributed by atoms with Gasteiger partial charge in [0.1, 0.15) is 35.8 Å². The highest BCUT2D eigenvalue weighted by atomic mass is 32.2. The van der Waals surface area contributed by atoms with Crippen molar-refractivity contribution in [2.24, 2.45) is 63.6 Å². The van der Waals surface area contributed by atoms with Gasteiger partial charge in [-0.15, -0.1) is 0 Å². The van der Waals surface area contributed by atoms with Gasteiger partial charge in [0.25, 0.3) is 0 Å². The Morgan fingerprint density at radius 2 is 1.06 bits per heavy atom. The quantitative estimate of drug-likeness (QED) is 0.0370. The number of hydroxylamine groups is 4. The maximum absolute atomic E-state index is 14.2. The number of aliphatic hydroxyl groups excluding tert-OH is 4. The van der Waals surface area contributed by atoms with Gasteiger partial charge in [-0.25, -0.2) is 21.6 Å². The number of rotatable bonds is 23. The molecule has 17 atom stereocenters. The van der Waals surface area contributed by atoms with Crippen LogP contribution in [0, 0.1) is 63.6 Å². The van der Waals surface area contributed by atoms with Crippen molar-refractivity contribution in [2.45, 2.75) is 186 Å². The van der Waals surface area contributed by atoms with Crippen LogP contribution in [0.5, 0.6) is 11.5 Å². The summed E-state index contributed by atoms with van der Waals surface area (Å²) >= 11 is 0. The van der Waals surface area contributed by atoms with Crippen LogP contribution in [0.4, 0.5) is 0 Å². The number of aliphatic hydroxyl groups is 4. The molecule has 1 unspecified atom stereocenters. The minimum absolute atomic E-state index is 0.0245. The summed E-state index contributed by atoms with van der Waals surface area (Å²) in [5, 5.41) is 51.8. The molecule has 22 heteroatoms. The summed E-state index contributed by atoms with van der Waals surface area (Å²) in [6.07, 6.45) is 2.74. The van der Waals surface area contributed by atoms with Gasteiger partial charge in [0.15, 0.2) is 9.84 Å². The first-order chi connectivity index (χ1) is 44.0. The number of ether oxygens (including phenoxy) is 2. The van der Waals surface area contributed by atoms with Gasteiger partial charge in [-0.2, -0.15) is 10.1 Å². The summed E-state index contributed by atoms with van der Waals surface area (Å²) < 4.78 is 66.6. The third kappa shape index (κ3) is 15.3. The maximum Gasteiger partial charge on any atom is 0.240 e. The predicted molar refractivity (Wildman–Crippen MR) is 362 cm³/mol. The van der Waals surface area contributed by atoms with E-state index in [1.54, 1.807) is 74.6 Å². The molecule has 7 N–H and O–H groups in total. The lowest BCUT2D eigenvalue weighted by molar-refractivity contribution is -0.183. The highest BCUT2D eigenvalue weighted by Crippen LogP contribution is 2.62. The Hall–Kier alpha value is -5.08. The molecule has 2 heterocycles. The normalized spacial score (nSPS) is 29.8. The number of sulfonamides is 1. The molecule has 4 aromatic rings. The van der Waals surface area contributed by atoms with Crippen molar-refractivity contribution in [3.05, 3.63) is 96.1 Å². The molecule has 2 saturated heterocycles. The zero-order valence-electron chi connectivity index (χ0n) is 58.0. The summed E-state index contributed by atoms with van der Waals surface area (Å²) in [4.78, 5) is 42.9. The zero-order chi connectivity index (χ0) is 68.9. The lowest BCUT2D eigenvalue weighted by Crippen LogP contribution is -2.62. The maximum atomic E-state index is 14.2. The fourth-order valence-electron chi connectivity index (χ4n) is 17.0. The molecule has 2 aliphatic heterocycles. The van der Waals surface area contributed by atoms with Gasteiger partial charge in [-0.3, -0.25) is 19.3 Å². The smallest absolute Gasteiger partial charge is 0.240 e. The first-order valence-electron chi connectivity index (χ1n) is 33.5. The number of likely N-dealkylation sites (N-methyl/N-ethyl adjacent to an activating group) is 1. The van der Waals surface area contributed by atoms with Gasteiger partial charge >= 0.3 is 0 Å². The number of nitrogens with one attached hydrogen (secondary N) is 3. The SMILES string of the molecule is COc1c(CN2O[C@@H](CO)[C@@H]([C@H](C)O)[C@H]2C(=O)N[C@H]2C[C@H]3C[C@@H]([C@@H]2C)C3(C)C)cccc1-c1cccc(S(=O)(=O)N[C@H](CN(C)C)CC(C)(C)C)c1.COc1c(CN2O[C@@H](CO)[C@H]([C@H](C)O)C2C(=O)N[C@H]2C[C@H]3C[C@@H]([C@@H]2C)C3(C)C)cccc1-c1cccc(S(C)(=O)=O)c1. The van der Waals surface area contributed by atoms with Gasteiger partial charge in [-0.1, -0.05) is 123 Å². The summed E-state index contributed by atoms with van der Waals surface area (Å²) in [6, 6.07) is 22.8. The number of carbonyl (C=O) groups is 2. The van der Waals surface area contributed by atoms with Crippen LogP contribution in [-0.4, -0.2) is 173 Å². The number of methoxy groups -OCH3 is 2. The van der Waals surface area contributed by atoms with Crippen molar-refractivity contribution < 1.29 is 66.0 Å². The number of fused-ring (bicyclic) bond motifs is 4. The summed E-state index contributed by atoms with van der Waals surface area (Å²) in [6.45, 7) is 23.4. The highest BCUT2D eigenvalue weighted by Gasteiger charge is 2.59. The number of para-hydroxylation sites is 2. The van der Waals surface area contributed by atoms with Crippen molar-refractivity contribution in [3.63, 3.8) is 0 Å². The number of carbonyl (C=O) groups excluding carboxylic acids is 2. The van der Waals surface area contributed by atoms with Crippen LogP contribution in [0.25, 0.3) is 22.3 Å². The van der Waals surface area contributed by atoms with Gasteiger partial charge < -0.3 is 45.4 Å². The topological polar surface area (TPSA) is 266 Å². The Labute approximate surface area is 558 Å². The number of sulfone groups is 1. The van der Waals surface area contributed by atoms with Gasteiger partial charge in [-0.05, 0) is 147 Å². The fourth-order valence-corrected chi connectivity index (χ4v) is 18.9. The highest BCUT2D eigenvalue weighted by molar-refractivity contribution is 7.90. The molecule has 4 aromatic carbocycles. The molecule has 8 aliphatic rings. The third-order valence-corrected chi connectivity index (χ3v) is 24.8. The molecule has 94 heavy (non-hydrogen) atoms. The van der Waals surface area contributed by atoms with E-state index in [2.05, 4.69) is 77.7 Å². The second-order valence-electron chi connectivity index (χ2n) is 30.6. The van der Waals surface area contributed by atoms with Crippen LogP contribution in [0.3, 0.4) is 0 Å². The third-order valence-electron chi connectivity index (χ3n) is 22.2. The molecule has 0 aromatic heterocycles. The van der Waals surface area contributed by atoms with E-state index in [0.29, 0.717) is 87.8 Å². The molecular formula is C72H106N6O14S2. The second kappa shape index (κ2) is 28.8. The summed E-state index contributed by atoms with van der Waals surface area (Å²) in [5.41, 5.74) is 4.62. The van der Waals surface area contributed by atoms with Crippen LogP contribution in [0.1, 0.15) is 119 Å². The van der Waals surface area contributed by atoms with E-state index in [0.717, 1.165) is 18.4 Å². The van der Waals surface area contributed by atoms with E-state index < -0.39 is 68.2 Å². The number of hydrogen-bond donors (Lipinski definition) is 7. The van der Waals surface area contributed by atoms with Gasteiger partial charge in [0, 0.05) is 65.0 Å². The lowest BCUT2D eigenvalue weighted by Gasteiger charge is -2.62. The van der Waals surface area contributed by atoms with Crippen LogP contribution >= 0.6 is 0 Å². The Bertz CT molecular complexity index is 3560. The van der Waals surface area contributed by atoms with Crippen LogP contribution in [-0.2, 0) is 52.2 Å². The van der Waals surface area contributed by atoms with Crippen LogP contribution < -0.4 is 24.8 Å². The fraction of sp³-hybridized carbons (Fsp3) is 0.639. The Morgan fingerprint density at radius 1 is 0.660 bits per heavy atom. The minimum Gasteiger partial charge on any atom is -0.496 e. The van der Waals surface area contributed by atoms with Crippen molar-refractivity contribution >= 4 is 31.7 Å². The van der Waals surface area contributed by atoms with E-state index >= 15 is 0 Å². The lowest BCUT2D eigenvalue weighted by atomic mass is 9.45. The van der Waals surface area contributed by atoms with E-state index in [4.69, 9.17) is 19.1 Å². The number of nitrogens with zero attached hydrogens (tertiary/aromatic N) is 3. The molecular weight excluding hydrogens is 1240 g/mol.